The van der Waals surface area contributed by atoms with E-state index in [0.717, 1.165) is 16.5 Å². The SMILES string of the molecule is CC(=O)N[C@@H](Cc1ccccc1)C(=O)N[C@H](Cc1ccc2ccccc2n1)C(N)=O. The lowest BCUT2D eigenvalue weighted by atomic mass is 10.0. The Morgan fingerprint density at radius 3 is 2.27 bits per heavy atom. The van der Waals surface area contributed by atoms with Gasteiger partial charge >= 0.3 is 0 Å². The lowest BCUT2D eigenvalue weighted by Gasteiger charge is -2.21. The number of benzene rings is 2. The van der Waals surface area contributed by atoms with E-state index in [0.29, 0.717) is 12.1 Å². The molecule has 3 aromatic rings. The van der Waals surface area contributed by atoms with Crippen molar-refractivity contribution in [2.75, 3.05) is 0 Å². The van der Waals surface area contributed by atoms with Gasteiger partial charge in [0.1, 0.15) is 12.1 Å². The number of carbonyl (C=O) groups excluding carboxylic acids is 3. The van der Waals surface area contributed by atoms with E-state index in [2.05, 4.69) is 15.6 Å². The van der Waals surface area contributed by atoms with Crippen LogP contribution in [0, 0.1) is 0 Å². The minimum absolute atomic E-state index is 0.157. The summed E-state index contributed by atoms with van der Waals surface area (Å²) in [6.45, 7) is 1.34. The molecular weight excluding hydrogens is 380 g/mol. The summed E-state index contributed by atoms with van der Waals surface area (Å²) in [6, 6.07) is 18.9. The number of fused-ring (bicyclic) bond motifs is 1. The van der Waals surface area contributed by atoms with Gasteiger partial charge in [-0.1, -0.05) is 54.6 Å². The van der Waals surface area contributed by atoms with Crippen molar-refractivity contribution in [1.82, 2.24) is 15.6 Å². The van der Waals surface area contributed by atoms with Gasteiger partial charge in [-0.25, -0.2) is 0 Å². The van der Waals surface area contributed by atoms with E-state index in [-0.39, 0.29) is 12.3 Å². The molecule has 3 rings (SSSR count). The second kappa shape index (κ2) is 9.65. The highest BCUT2D eigenvalue weighted by Crippen LogP contribution is 2.13. The monoisotopic (exact) mass is 404 g/mol. The molecular formula is C23H24N4O3. The van der Waals surface area contributed by atoms with Gasteiger partial charge in [0.15, 0.2) is 0 Å². The Kier molecular flexibility index (Phi) is 6.75. The first kappa shape index (κ1) is 21.0. The number of para-hydroxylation sites is 1. The fourth-order valence-corrected chi connectivity index (χ4v) is 3.23. The van der Waals surface area contributed by atoms with Crippen molar-refractivity contribution >= 4 is 28.6 Å². The molecule has 0 fully saturated rings. The molecule has 2 atom stereocenters. The van der Waals surface area contributed by atoms with Gasteiger partial charge in [0, 0.05) is 30.8 Å². The van der Waals surface area contributed by atoms with Gasteiger partial charge in [0.25, 0.3) is 0 Å². The average molecular weight is 404 g/mol. The van der Waals surface area contributed by atoms with Gasteiger partial charge in [-0.3, -0.25) is 19.4 Å². The number of aromatic nitrogens is 1. The Morgan fingerprint density at radius 1 is 0.867 bits per heavy atom. The molecule has 154 valence electrons. The van der Waals surface area contributed by atoms with Crippen LogP contribution in [0.2, 0.25) is 0 Å². The van der Waals surface area contributed by atoms with E-state index < -0.39 is 23.9 Å². The van der Waals surface area contributed by atoms with Crippen LogP contribution in [-0.4, -0.2) is 34.8 Å². The Morgan fingerprint density at radius 2 is 1.57 bits per heavy atom. The molecule has 0 radical (unpaired) electrons. The normalized spacial score (nSPS) is 12.7. The molecule has 1 aromatic heterocycles. The summed E-state index contributed by atoms with van der Waals surface area (Å²) in [5.41, 5.74) is 7.85. The molecule has 3 amide bonds. The van der Waals surface area contributed by atoms with Crippen LogP contribution < -0.4 is 16.4 Å². The van der Waals surface area contributed by atoms with Crippen molar-refractivity contribution in [2.45, 2.75) is 31.8 Å². The highest BCUT2D eigenvalue weighted by molar-refractivity contribution is 5.91. The van der Waals surface area contributed by atoms with Crippen LogP contribution in [0.5, 0.6) is 0 Å². The number of amides is 3. The van der Waals surface area contributed by atoms with Crippen molar-refractivity contribution in [1.29, 1.82) is 0 Å². The summed E-state index contributed by atoms with van der Waals surface area (Å²) in [5.74, 6) is -1.48. The number of primary amides is 1. The van der Waals surface area contributed by atoms with Crippen molar-refractivity contribution in [2.24, 2.45) is 5.73 Å². The molecule has 0 unspecified atom stereocenters. The van der Waals surface area contributed by atoms with Crippen molar-refractivity contribution in [3.8, 4) is 0 Å². The number of pyridine rings is 1. The third-order valence-corrected chi connectivity index (χ3v) is 4.71. The summed E-state index contributed by atoms with van der Waals surface area (Å²) in [6.07, 6.45) is 0.454. The minimum Gasteiger partial charge on any atom is -0.368 e. The number of nitrogens with zero attached hydrogens (tertiary/aromatic N) is 1. The summed E-state index contributed by atoms with van der Waals surface area (Å²) in [7, 11) is 0. The van der Waals surface area contributed by atoms with Crippen LogP contribution in [-0.2, 0) is 27.2 Å². The Hall–Kier alpha value is -3.74. The second-order valence-corrected chi connectivity index (χ2v) is 7.11. The van der Waals surface area contributed by atoms with E-state index >= 15 is 0 Å². The first-order chi connectivity index (χ1) is 14.4. The summed E-state index contributed by atoms with van der Waals surface area (Å²) in [4.78, 5) is 41.0. The van der Waals surface area contributed by atoms with E-state index in [9.17, 15) is 14.4 Å². The van der Waals surface area contributed by atoms with E-state index in [1.165, 1.54) is 6.92 Å². The van der Waals surface area contributed by atoms with Gasteiger partial charge in [-0.05, 0) is 17.7 Å². The molecule has 0 aliphatic heterocycles. The molecule has 0 spiro atoms. The highest BCUT2D eigenvalue weighted by atomic mass is 16.2. The molecule has 0 saturated carbocycles. The summed E-state index contributed by atoms with van der Waals surface area (Å²) in [5, 5.41) is 6.29. The first-order valence-corrected chi connectivity index (χ1v) is 9.68. The standard InChI is InChI=1S/C23H24N4O3/c1-15(28)25-21(13-16-7-3-2-4-8-16)23(30)27-20(22(24)29)14-18-12-11-17-9-5-6-10-19(17)26-18/h2-12,20-21H,13-14H2,1H3,(H2,24,29)(H,25,28)(H,27,30)/t20-,21+/m1/s1. The number of hydrogen-bond acceptors (Lipinski definition) is 4. The van der Waals surface area contributed by atoms with Crippen molar-refractivity contribution in [3.63, 3.8) is 0 Å². The molecule has 7 heteroatoms. The Labute approximate surface area is 174 Å². The van der Waals surface area contributed by atoms with Crippen molar-refractivity contribution in [3.05, 3.63) is 78.0 Å². The molecule has 1 heterocycles. The van der Waals surface area contributed by atoms with Crippen molar-refractivity contribution < 1.29 is 14.4 Å². The first-order valence-electron chi connectivity index (χ1n) is 9.68. The highest BCUT2D eigenvalue weighted by Gasteiger charge is 2.25. The zero-order chi connectivity index (χ0) is 21.5. The summed E-state index contributed by atoms with van der Waals surface area (Å²) >= 11 is 0. The molecule has 0 saturated heterocycles. The topological polar surface area (TPSA) is 114 Å². The van der Waals surface area contributed by atoms with Crippen LogP contribution in [0.4, 0.5) is 0 Å². The maximum atomic E-state index is 12.8. The van der Waals surface area contributed by atoms with Gasteiger partial charge in [-0.2, -0.15) is 0 Å². The number of hydrogen-bond donors (Lipinski definition) is 3. The zero-order valence-corrected chi connectivity index (χ0v) is 16.7. The van der Waals surface area contributed by atoms with E-state index in [1.54, 1.807) is 6.07 Å². The lowest BCUT2D eigenvalue weighted by molar-refractivity contribution is -0.130. The number of carbonyl (C=O) groups is 3. The van der Waals surface area contributed by atoms with Gasteiger partial charge in [0.2, 0.25) is 17.7 Å². The lowest BCUT2D eigenvalue weighted by Crippen LogP contribution is -2.54. The van der Waals surface area contributed by atoms with Crippen LogP contribution in [0.15, 0.2) is 66.7 Å². The van der Waals surface area contributed by atoms with E-state index in [4.69, 9.17) is 5.73 Å². The third-order valence-electron chi connectivity index (χ3n) is 4.71. The predicted octanol–water partition coefficient (Wildman–Crippen LogP) is 1.49. The number of rotatable bonds is 8. The number of nitrogens with two attached hydrogens (primary N) is 1. The van der Waals surface area contributed by atoms with Crippen LogP contribution >= 0.6 is 0 Å². The maximum Gasteiger partial charge on any atom is 0.243 e. The molecule has 0 aliphatic rings. The summed E-state index contributed by atoms with van der Waals surface area (Å²) < 4.78 is 0. The predicted molar refractivity (Wildman–Crippen MR) is 114 cm³/mol. The quantitative estimate of drug-likeness (QED) is 0.528. The molecule has 4 N–H and O–H groups in total. The largest absolute Gasteiger partial charge is 0.368 e. The average Bonchev–Trinajstić information content (AvgIpc) is 2.73. The molecule has 2 aromatic carbocycles. The second-order valence-electron chi connectivity index (χ2n) is 7.11. The Bertz CT molecular complexity index is 1050. The molecule has 7 nitrogen and oxygen atoms in total. The molecule has 0 bridgehead atoms. The van der Waals surface area contributed by atoms with Gasteiger partial charge in [-0.15, -0.1) is 0 Å². The zero-order valence-electron chi connectivity index (χ0n) is 16.7. The fourth-order valence-electron chi connectivity index (χ4n) is 3.23. The smallest absolute Gasteiger partial charge is 0.243 e. The van der Waals surface area contributed by atoms with E-state index in [1.807, 2.05) is 60.7 Å². The van der Waals surface area contributed by atoms with Crippen LogP contribution in [0.3, 0.4) is 0 Å². The maximum absolute atomic E-state index is 12.8. The van der Waals surface area contributed by atoms with Crippen LogP contribution in [0.1, 0.15) is 18.2 Å². The van der Waals surface area contributed by atoms with Crippen LogP contribution in [0.25, 0.3) is 10.9 Å². The molecule has 0 aliphatic carbocycles. The van der Waals surface area contributed by atoms with Gasteiger partial charge < -0.3 is 16.4 Å². The Balaban J connectivity index is 1.74. The number of nitrogens with one attached hydrogen (secondary N) is 2. The third kappa shape index (κ3) is 5.64. The minimum atomic E-state index is -0.946. The molecule has 30 heavy (non-hydrogen) atoms. The fraction of sp³-hybridized carbons (Fsp3) is 0.217. The van der Waals surface area contributed by atoms with Gasteiger partial charge in [0.05, 0.1) is 5.52 Å².